The van der Waals surface area contributed by atoms with Gasteiger partial charge in [0.15, 0.2) is 0 Å². The van der Waals surface area contributed by atoms with Gasteiger partial charge in [-0.05, 0) is 0 Å². The van der Waals surface area contributed by atoms with E-state index in [2.05, 4.69) is 13.2 Å². The number of hydrogen-bond donors (Lipinski definition) is 0. The van der Waals surface area contributed by atoms with Crippen molar-refractivity contribution in [3.8, 4) is 0 Å². The van der Waals surface area contributed by atoms with Gasteiger partial charge in [0.05, 0.1) is 0 Å². The topological polar surface area (TPSA) is 0 Å². The van der Waals surface area contributed by atoms with Gasteiger partial charge in [0, 0.05) is 0 Å². The molecule has 0 aliphatic heterocycles. The van der Waals surface area contributed by atoms with Gasteiger partial charge < -0.3 is 0 Å². The Morgan fingerprint density at radius 2 is 0.368 bits per heavy atom. The molecule has 0 aromatic rings. The van der Waals surface area contributed by atoms with Crippen LogP contribution in [0.15, 0.2) is 13.2 Å². The predicted octanol–water partition coefficient (Wildman–Crippen LogP) is 9.16. The third-order valence-electron chi connectivity index (χ3n) is 0.354. The molecule has 0 aromatic heterocycles. The fourth-order valence-electron chi connectivity index (χ4n) is 0. The second-order valence-electron chi connectivity index (χ2n) is 1.06. The molecular formula is C19H52. The van der Waals surface area contributed by atoms with Crippen LogP contribution < -0.4 is 0 Å². The summed E-state index contributed by atoms with van der Waals surface area (Å²) in [5.74, 6) is 0. The van der Waals surface area contributed by atoms with Gasteiger partial charge in [-0.25, -0.2) is 0 Å². The average Bonchev–Trinajstić information content (AvgIpc) is 3.51. The van der Waals surface area contributed by atoms with Crippen LogP contribution in [-0.2, 0) is 0 Å². The summed E-state index contributed by atoms with van der Waals surface area (Å²) in [6.07, 6.45) is 4.50. The van der Waals surface area contributed by atoms with Crippen LogP contribution in [0.25, 0.3) is 0 Å². The van der Waals surface area contributed by atoms with Gasteiger partial charge >= 0.3 is 0 Å². The van der Waals surface area contributed by atoms with Gasteiger partial charge in [0.1, 0.15) is 0 Å². The second-order valence-corrected chi connectivity index (χ2v) is 1.06. The van der Waals surface area contributed by atoms with E-state index in [-0.39, 0.29) is 0 Å². The first-order valence-corrected chi connectivity index (χ1v) is 9.00. The maximum absolute atomic E-state index is 3.00. The van der Waals surface area contributed by atoms with Crippen LogP contribution in [0, 0.1) is 0 Å². The largest absolute Gasteiger partial charge is 0.106 e. The molecule has 0 atom stereocenters. The highest BCUT2D eigenvalue weighted by atomic mass is 14.0. The van der Waals surface area contributed by atoms with Gasteiger partial charge in [-0.1, -0.05) is 116 Å². The van der Waals surface area contributed by atoms with Crippen molar-refractivity contribution in [2.75, 3.05) is 0 Å². The van der Waals surface area contributed by atoms with Gasteiger partial charge in [0.25, 0.3) is 0 Å². The molecule has 0 radical (unpaired) electrons. The van der Waals surface area contributed by atoms with Crippen molar-refractivity contribution in [3.63, 3.8) is 0 Å². The van der Waals surface area contributed by atoms with Crippen molar-refractivity contribution in [1.29, 1.82) is 0 Å². The highest BCUT2D eigenvalue weighted by Gasteiger charge is 1.95. The Morgan fingerprint density at radius 1 is 0.316 bits per heavy atom. The van der Waals surface area contributed by atoms with E-state index in [0.29, 0.717) is 0 Å². The maximum Gasteiger partial charge on any atom is -0.0533 e. The second kappa shape index (κ2) is 662. The van der Waals surface area contributed by atoms with Crippen LogP contribution in [0.1, 0.15) is 116 Å². The molecular weight excluding hydrogens is 228 g/mol. The highest BCUT2D eigenvalue weighted by molar-refractivity contribution is 4.50. The van der Waals surface area contributed by atoms with Crippen LogP contribution >= 0.6 is 0 Å². The van der Waals surface area contributed by atoms with Crippen LogP contribution in [-0.4, -0.2) is 0 Å². The van der Waals surface area contributed by atoms with Crippen molar-refractivity contribution in [2.45, 2.75) is 116 Å². The number of rotatable bonds is 0. The van der Waals surface area contributed by atoms with E-state index < -0.39 is 0 Å². The predicted molar refractivity (Wildman–Crippen MR) is 105 cm³/mol. The lowest BCUT2D eigenvalue weighted by Gasteiger charge is -1.07. The normalized spacial score (nSPS) is 6.21. The quantitative estimate of drug-likeness (QED) is 0.388. The molecule has 1 aliphatic rings. The van der Waals surface area contributed by atoms with Crippen molar-refractivity contribution in [3.05, 3.63) is 13.2 Å². The van der Waals surface area contributed by atoms with Gasteiger partial charge in [0.2, 0.25) is 0 Å². The zero-order valence-corrected chi connectivity index (χ0v) is 17.5. The molecule has 0 saturated heterocycles. The van der Waals surface area contributed by atoms with E-state index >= 15 is 0 Å². The molecule has 1 saturated carbocycles. The van der Waals surface area contributed by atoms with E-state index in [9.17, 15) is 0 Å². The average molecular weight is 281 g/mol. The van der Waals surface area contributed by atoms with Gasteiger partial charge in [-0.2, -0.15) is 0 Å². The SMILES string of the molecule is C1CC1.C=C.CC.CC.CC.CC.CC.CC.CC. The van der Waals surface area contributed by atoms with Crippen molar-refractivity contribution in [2.24, 2.45) is 0 Å². The van der Waals surface area contributed by atoms with Crippen LogP contribution in [0.5, 0.6) is 0 Å². The summed E-state index contributed by atoms with van der Waals surface area (Å²) in [4.78, 5) is 0. The smallest absolute Gasteiger partial charge is 0.0533 e. The van der Waals surface area contributed by atoms with E-state index in [1.165, 1.54) is 19.3 Å². The van der Waals surface area contributed by atoms with E-state index in [0.717, 1.165) is 0 Å². The summed E-state index contributed by atoms with van der Waals surface area (Å²) in [6.45, 7) is 34.0. The Labute approximate surface area is 130 Å². The third-order valence-corrected chi connectivity index (χ3v) is 0.354. The Kier molecular flexibility index (Phi) is 1780. The van der Waals surface area contributed by atoms with Crippen molar-refractivity contribution < 1.29 is 0 Å². The zero-order chi connectivity index (χ0) is 18.1. The third kappa shape index (κ3) is 8030. The molecule has 0 nitrogen and oxygen atoms in total. The van der Waals surface area contributed by atoms with E-state index in [1.54, 1.807) is 0 Å². The monoisotopic (exact) mass is 280 g/mol. The van der Waals surface area contributed by atoms with Crippen molar-refractivity contribution in [1.82, 2.24) is 0 Å². The molecule has 0 bridgehead atoms. The van der Waals surface area contributed by atoms with Crippen LogP contribution in [0.4, 0.5) is 0 Å². The molecule has 0 heteroatoms. The molecule has 0 spiro atoms. The summed E-state index contributed by atoms with van der Waals surface area (Å²) >= 11 is 0. The number of hydrogen-bond acceptors (Lipinski definition) is 0. The molecule has 1 fully saturated rings. The van der Waals surface area contributed by atoms with E-state index in [4.69, 9.17) is 0 Å². The summed E-state index contributed by atoms with van der Waals surface area (Å²) in [5, 5.41) is 0. The lowest BCUT2D eigenvalue weighted by molar-refractivity contribution is 1.50. The Balaban J connectivity index is -0.0000000121. The summed E-state index contributed by atoms with van der Waals surface area (Å²) in [7, 11) is 0. The first-order chi connectivity index (χ1) is 9.50. The molecule has 19 heavy (non-hydrogen) atoms. The van der Waals surface area contributed by atoms with Crippen LogP contribution in [0.2, 0.25) is 0 Å². The van der Waals surface area contributed by atoms with Gasteiger partial charge in [-0.3, -0.25) is 0 Å². The fourth-order valence-corrected chi connectivity index (χ4v) is 0. The molecule has 1 rings (SSSR count). The van der Waals surface area contributed by atoms with Crippen LogP contribution in [0.3, 0.4) is 0 Å². The standard InChI is InChI=1S/C3H6.7C2H6.C2H4/c1-2-3-1;8*1-2/h1-3H2;7*1-2H3;1-2H2. The van der Waals surface area contributed by atoms with E-state index in [1.807, 2.05) is 96.9 Å². The first-order valence-electron chi connectivity index (χ1n) is 9.00. The Bertz CT molecular complexity index is 11.2. The molecule has 0 N–H and O–H groups in total. The lowest BCUT2D eigenvalue weighted by Crippen LogP contribution is -0.856. The highest BCUT2D eigenvalue weighted by Crippen LogP contribution is 2.14. The van der Waals surface area contributed by atoms with Gasteiger partial charge in [-0.15, -0.1) is 13.2 Å². The van der Waals surface area contributed by atoms with Crippen molar-refractivity contribution >= 4 is 0 Å². The first kappa shape index (κ1) is 51.1. The minimum Gasteiger partial charge on any atom is -0.106 e. The lowest BCUT2D eigenvalue weighted by atomic mass is 11.0. The summed E-state index contributed by atoms with van der Waals surface area (Å²) in [5.41, 5.74) is 0. The molecule has 0 aromatic carbocycles. The Morgan fingerprint density at radius 3 is 0.368 bits per heavy atom. The zero-order valence-electron chi connectivity index (χ0n) is 17.5. The molecule has 128 valence electrons. The maximum atomic E-state index is 3.00. The molecule has 1 aliphatic carbocycles. The minimum absolute atomic E-state index is 1.50. The molecule has 0 heterocycles. The summed E-state index contributed by atoms with van der Waals surface area (Å²) in [6, 6.07) is 0. The minimum atomic E-state index is 1.50. The summed E-state index contributed by atoms with van der Waals surface area (Å²) < 4.78 is 0. The fraction of sp³-hybridized carbons (Fsp3) is 0.895. The Hall–Kier alpha value is -0.260. The molecule has 0 amide bonds. The molecule has 0 unspecified atom stereocenters.